The number of carbonyl (C=O) groups is 2. The standard InChI is InChI=1S/2C13H10N2O2.Cu/c2*14-10-6-2-4-8-12(10)15-11-7-3-1-5-9(11)13(16)17;/h2*1-8,14H,(H,16,17);/q2*-2;+2/p-2. The van der Waals surface area contributed by atoms with Crippen molar-refractivity contribution in [3.63, 3.8) is 0 Å². The molecule has 1 radical (unpaired) electrons. The summed E-state index contributed by atoms with van der Waals surface area (Å²) in [4.78, 5) is 21.8. The summed E-state index contributed by atoms with van der Waals surface area (Å²) >= 11 is 0. The van der Waals surface area contributed by atoms with Crippen molar-refractivity contribution >= 4 is 46.1 Å². The number of nitrogens with one attached hydrogen (secondary N) is 2. The monoisotopic (exact) mass is 513 g/mol. The van der Waals surface area contributed by atoms with Crippen LogP contribution in [-0.4, -0.2) is 11.9 Å². The molecule has 0 aliphatic carbocycles. The third kappa shape index (κ3) is 7.26. The largest absolute Gasteiger partial charge is 2.00 e. The summed E-state index contributed by atoms with van der Waals surface area (Å²) in [6.45, 7) is 0. The Morgan fingerprint density at radius 1 is 0.514 bits per heavy atom. The van der Waals surface area contributed by atoms with Crippen molar-refractivity contribution in [2.45, 2.75) is 0 Å². The van der Waals surface area contributed by atoms with Crippen molar-refractivity contribution in [2.24, 2.45) is 0 Å². The molecule has 0 amide bonds. The number of rotatable bonds is 6. The number of hydrogen-bond acceptors (Lipinski definition) is 4. The van der Waals surface area contributed by atoms with Gasteiger partial charge in [0.05, 0.1) is 11.9 Å². The van der Waals surface area contributed by atoms with Gasteiger partial charge < -0.3 is 41.9 Å². The SMILES string of the molecule is [Cu+2].[NH-]c1ccccc1[N-]c1ccccc1C(=O)[O-].[NH-]c1ccccc1[N-]c1ccccc1C(=O)[O-]. The average Bonchev–Trinajstić information content (AvgIpc) is 2.83. The molecule has 0 saturated carbocycles. The molecule has 4 aromatic rings. The van der Waals surface area contributed by atoms with Gasteiger partial charge in [0.25, 0.3) is 0 Å². The molecule has 0 aromatic heterocycles. The topological polar surface area (TPSA) is 156 Å². The maximum absolute atomic E-state index is 10.9. The van der Waals surface area contributed by atoms with E-state index in [0.717, 1.165) is 0 Å². The van der Waals surface area contributed by atoms with Gasteiger partial charge in [0, 0.05) is 0 Å². The molecule has 8 nitrogen and oxygen atoms in total. The molecular weight excluding hydrogens is 496 g/mol. The second kappa shape index (κ2) is 12.7. The van der Waals surface area contributed by atoms with Crippen molar-refractivity contribution in [3.8, 4) is 0 Å². The molecule has 0 bridgehead atoms. The van der Waals surface area contributed by atoms with Crippen LogP contribution >= 0.6 is 0 Å². The van der Waals surface area contributed by atoms with E-state index in [2.05, 4.69) is 10.6 Å². The van der Waals surface area contributed by atoms with E-state index in [-0.39, 0.29) is 39.6 Å². The third-order valence-corrected chi connectivity index (χ3v) is 4.54. The summed E-state index contributed by atoms with van der Waals surface area (Å²) < 4.78 is 0. The minimum atomic E-state index is -1.27. The first-order chi connectivity index (χ1) is 16.4. The maximum atomic E-state index is 10.9. The fraction of sp³-hybridized carbons (Fsp3) is 0. The summed E-state index contributed by atoms with van der Waals surface area (Å²) in [6, 6.07) is 26.1. The first-order valence-corrected chi connectivity index (χ1v) is 10.0. The van der Waals surface area contributed by atoms with Gasteiger partial charge in [0.2, 0.25) is 0 Å². The molecule has 181 valence electrons. The fourth-order valence-electron chi connectivity index (χ4n) is 2.89. The summed E-state index contributed by atoms with van der Waals surface area (Å²) in [6.07, 6.45) is 0. The van der Waals surface area contributed by atoms with Gasteiger partial charge in [-0.25, -0.2) is 0 Å². The van der Waals surface area contributed by atoms with Crippen LogP contribution in [0.1, 0.15) is 20.7 Å². The Hall–Kier alpha value is -4.46. The smallest absolute Gasteiger partial charge is 0.700 e. The number of carboxylic acid groups (broad SMARTS) is 2. The van der Waals surface area contributed by atoms with Gasteiger partial charge in [0.1, 0.15) is 0 Å². The molecule has 9 heteroatoms. The molecule has 0 saturated heterocycles. The molecule has 0 unspecified atom stereocenters. The Morgan fingerprint density at radius 3 is 1.11 bits per heavy atom. The predicted octanol–water partition coefficient (Wildman–Crippen LogP) is 6.14. The number of carboxylic acids is 2. The minimum absolute atomic E-state index is 0. The molecule has 4 rings (SSSR count). The summed E-state index contributed by atoms with van der Waals surface area (Å²) in [5.74, 6) is -2.54. The maximum Gasteiger partial charge on any atom is 2.00 e. The molecule has 2 N–H and O–H groups in total. The van der Waals surface area contributed by atoms with E-state index >= 15 is 0 Å². The van der Waals surface area contributed by atoms with Crippen LogP contribution in [0.2, 0.25) is 0 Å². The molecule has 0 heterocycles. The van der Waals surface area contributed by atoms with Crippen LogP contribution in [0.5, 0.6) is 0 Å². The number of aromatic carboxylic acids is 2. The second-order valence-electron chi connectivity index (χ2n) is 6.87. The van der Waals surface area contributed by atoms with Gasteiger partial charge in [-0.3, -0.25) is 0 Å². The molecule has 0 fully saturated rings. The van der Waals surface area contributed by atoms with Crippen LogP contribution < -0.4 is 10.2 Å². The van der Waals surface area contributed by atoms with E-state index < -0.39 is 11.9 Å². The van der Waals surface area contributed by atoms with Crippen molar-refractivity contribution < 1.29 is 36.9 Å². The van der Waals surface area contributed by atoms with Crippen LogP contribution in [0.15, 0.2) is 97.1 Å². The van der Waals surface area contributed by atoms with Gasteiger partial charge in [-0.05, 0) is 11.1 Å². The van der Waals surface area contributed by atoms with Gasteiger partial charge in [-0.15, -0.1) is 11.4 Å². The van der Waals surface area contributed by atoms with Crippen molar-refractivity contribution in [2.75, 3.05) is 0 Å². The zero-order chi connectivity index (χ0) is 24.5. The van der Waals surface area contributed by atoms with Crippen molar-refractivity contribution in [3.05, 3.63) is 130 Å². The Bertz CT molecular complexity index is 1210. The summed E-state index contributed by atoms with van der Waals surface area (Å²) in [5.41, 5.74) is 17.3. The minimum Gasteiger partial charge on any atom is -0.700 e. The van der Waals surface area contributed by atoms with Crippen molar-refractivity contribution in [1.29, 1.82) is 0 Å². The van der Waals surface area contributed by atoms with Crippen LogP contribution in [-0.2, 0) is 17.1 Å². The number of hydrogen-bond donors (Lipinski definition) is 0. The van der Waals surface area contributed by atoms with Gasteiger partial charge in [0.15, 0.2) is 0 Å². The fourth-order valence-corrected chi connectivity index (χ4v) is 2.89. The zero-order valence-corrected chi connectivity index (χ0v) is 19.0. The molecule has 0 aliphatic heterocycles. The number of carbonyl (C=O) groups excluding carboxylic acids is 2. The van der Waals surface area contributed by atoms with Crippen LogP contribution in [0, 0.1) is 0 Å². The van der Waals surface area contributed by atoms with Crippen LogP contribution in [0.4, 0.5) is 34.1 Å². The summed E-state index contributed by atoms with van der Waals surface area (Å²) in [5, 5.41) is 30.1. The zero-order valence-electron chi connectivity index (χ0n) is 18.1. The predicted molar refractivity (Wildman–Crippen MR) is 128 cm³/mol. The van der Waals surface area contributed by atoms with Gasteiger partial charge in [-0.1, -0.05) is 97.1 Å². The molecule has 0 spiro atoms. The van der Waals surface area contributed by atoms with Crippen LogP contribution in [0.3, 0.4) is 0 Å². The Kier molecular flexibility index (Phi) is 9.71. The van der Waals surface area contributed by atoms with E-state index in [0.29, 0.717) is 22.7 Å². The van der Waals surface area contributed by atoms with E-state index in [4.69, 9.17) is 11.5 Å². The number of benzene rings is 4. The van der Waals surface area contributed by atoms with E-state index in [1.165, 1.54) is 12.1 Å². The second-order valence-corrected chi connectivity index (χ2v) is 6.87. The molecule has 35 heavy (non-hydrogen) atoms. The number of para-hydroxylation sites is 4. The summed E-state index contributed by atoms with van der Waals surface area (Å²) in [7, 11) is 0. The van der Waals surface area contributed by atoms with E-state index in [1.54, 1.807) is 84.9 Å². The normalized spacial score (nSPS) is 9.60. The number of nitrogens with zero attached hydrogens (tertiary/aromatic N) is 2. The Labute approximate surface area is 213 Å². The Balaban J connectivity index is 0.000000240. The van der Waals surface area contributed by atoms with Crippen molar-refractivity contribution in [1.82, 2.24) is 0 Å². The van der Waals surface area contributed by atoms with E-state index in [1.807, 2.05) is 0 Å². The molecular formula is C26H18CuN4O4-4. The average molecular weight is 514 g/mol. The quantitative estimate of drug-likeness (QED) is 0.283. The first kappa shape index (κ1) is 26.8. The molecule has 4 aromatic carbocycles. The van der Waals surface area contributed by atoms with Gasteiger partial charge >= 0.3 is 17.1 Å². The first-order valence-electron chi connectivity index (χ1n) is 10.0. The van der Waals surface area contributed by atoms with E-state index in [9.17, 15) is 19.8 Å². The van der Waals surface area contributed by atoms with Crippen LogP contribution in [0.25, 0.3) is 22.1 Å². The van der Waals surface area contributed by atoms with Gasteiger partial charge in [-0.2, -0.15) is 22.7 Å². The Morgan fingerprint density at radius 2 is 0.800 bits per heavy atom. The molecule has 0 aliphatic rings. The molecule has 0 atom stereocenters. The third-order valence-electron chi connectivity index (χ3n) is 4.54.